The summed E-state index contributed by atoms with van der Waals surface area (Å²) in [6, 6.07) is 14.0. The van der Waals surface area contributed by atoms with Crippen LogP contribution in [0.2, 0.25) is 5.02 Å². The van der Waals surface area contributed by atoms with Crippen LogP contribution in [0, 0.1) is 11.8 Å². The molecule has 3 saturated heterocycles. The molecular weight excluding hydrogens is 452 g/mol. The van der Waals surface area contributed by atoms with Crippen LogP contribution in [0.1, 0.15) is 34.9 Å². The van der Waals surface area contributed by atoms with Crippen molar-refractivity contribution < 1.29 is 19.7 Å². The van der Waals surface area contributed by atoms with Gasteiger partial charge in [-0.25, -0.2) is 4.79 Å². The zero-order chi connectivity index (χ0) is 24.2. The number of pyridine rings is 1. The summed E-state index contributed by atoms with van der Waals surface area (Å²) in [6.45, 7) is 6.07. The van der Waals surface area contributed by atoms with Gasteiger partial charge in [-0.05, 0) is 85.3 Å². The number of hydrogen-bond acceptors (Lipinski definition) is 5. The van der Waals surface area contributed by atoms with Gasteiger partial charge in [-0.15, -0.1) is 6.58 Å². The first-order valence-corrected chi connectivity index (χ1v) is 11.7. The first-order valence-electron chi connectivity index (χ1n) is 11.4. The predicted molar refractivity (Wildman–Crippen MR) is 133 cm³/mol. The van der Waals surface area contributed by atoms with Gasteiger partial charge in [0, 0.05) is 29.2 Å². The zero-order valence-electron chi connectivity index (χ0n) is 19.1. The summed E-state index contributed by atoms with van der Waals surface area (Å²) in [7, 11) is 1.66. The number of fused-ring (bicyclic) bond motifs is 4. The first-order chi connectivity index (χ1) is 16.4. The molecule has 4 heterocycles. The smallest absolute Gasteiger partial charge is 0.335 e. The number of carboxylic acid groups (broad SMARTS) is 1. The molecule has 0 radical (unpaired) electrons. The number of aromatic carboxylic acids is 1. The van der Waals surface area contributed by atoms with E-state index in [-0.39, 0.29) is 11.6 Å². The van der Waals surface area contributed by atoms with Gasteiger partial charge < -0.3 is 14.9 Å². The van der Waals surface area contributed by atoms with Gasteiger partial charge in [-0.2, -0.15) is 0 Å². The summed E-state index contributed by atoms with van der Waals surface area (Å²) >= 11 is 5.52. The number of hydrogen-bond donors (Lipinski definition) is 2. The number of benzene rings is 2. The maximum atomic E-state index is 11.2. The van der Waals surface area contributed by atoms with Crippen molar-refractivity contribution in [3.8, 4) is 5.75 Å². The van der Waals surface area contributed by atoms with Crippen molar-refractivity contribution in [2.45, 2.75) is 25.0 Å². The molecule has 3 aliphatic rings. The molecule has 34 heavy (non-hydrogen) atoms. The van der Waals surface area contributed by atoms with Crippen LogP contribution in [0.4, 0.5) is 0 Å². The Morgan fingerprint density at radius 2 is 2.03 bits per heavy atom. The normalized spacial score (nSPS) is 24.1. The monoisotopic (exact) mass is 480 g/mol. The molecule has 2 bridgehead atoms. The maximum absolute atomic E-state index is 11.2. The fourth-order valence-corrected chi connectivity index (χ4v) is 5.16. The Labute approximate surface area is 204 Å². The average molecular weight is 481 g/mol. The van der Waals surface area contributed by atoms with E-state index >= 15 is 0 Å². The van der Waals surface area contributed by atoms with Crippen LogP contribution in [-0.4, -0.2) is 52.3 Å². The Morgan fingerprint density at radius 1 is 1.26 bits per heavy atom. The number of rotatable bonds is 5. The van der Waals surface area contributed by atoms with Crippen LogP contribution in [0.5, 0.6) is 5.75 Å². The lowest BCUT2D eigenvalue weighted by molar-refractivity contribution is -0.0444. The molecule has 6 nitrogen and oxygen atoms in total. The highest BCUT2D eigenvalue weighted by Gasteiger charge is 2.42. The minimum absolute atomic E-state index is 0.178. The van der Waals surface area contributed by atoms with Gasteiger partial charge >= 0.3 is 5.97 Å². The number of carbonyl (C=O) groups is 1. The number of methoxy groups -OCH3 is 1. The third-order valence-corrected chi connectivity index (χ3v) is 7.16. The van der Waals surface area contributed by atoms with E-state index in [0.717, 1.165) is 41.7 Å². The second-order valence-electron chi connectivity index (χ2n) is 8.79. The molecule has 3 aliphatic heterocycles. The molecule has 7 heteroatoms. The lowest BCUT2D eigenvalue weighted by Gasteiger charge is -2.50. The van der Waals surface area contributed by atoms with Crippen LogP contribution >= 0.6 is 11.6 Å². The predicted octanol–water partition coefficient (Wildman–Crippen LogP) is 5.21. The van der Waals surface area contributed by atoms with E-state index in [0.29, 0.717) is 16.9 Å². The molecule has 3 fully saturated rings. The van der Waals surface area contributed by atoms with Crippen LogP contribution in [0.25, 0.3) is 10.9 Å². The lowest BCUT2D eigenvalue weighted by atomic mass is 9.73. The standard InChI is InChI=1S/C20H24N2O2.C7H5ClO2/c1-3-13-12-22-9-7-14(13)10-19(22)20(23)16-6-8-21-18-5-4-15(24-2)11-17(16)18;8-6-3-1-5(2-4-6)7(9)10/h3-6,8,11,13-14,19-20,23H,1,7,9-10,12H2,2H3;1-4H,(H,9,10)/t13-,14?,19-,20?;/m1./s1. The number of aliphatic hydroxyl groups excluding tert-OH is 1. The molecule has 178 valence electrons. The van der Waals surface area contributed by atoms with E-state index in [2.05, 4.69) is 22.5 Å². The summed E-state index contributed by atoms with van der Waals surface area (Å²) in [6.07, 6.45) is 5.62. The summed E-state index contributed by atoms with van der Waals surface area (Å²) in [5.74, 6) is 1.07. The van der Waals surface area contributed by atoms with Crippen molar-refractivity contribution in [2.75, 3.05) is 20.2 Å². The van der Waals surface area contributed by atoms with Gasteiger partial charge in [-0.3, -0.25) is 9.88 Å². The highest BCUT2D eigenvalue weighted by Crippen LogP contribution is 2.42. The topological polar surface area (TPSA) is 82.9 Å². The Hall–Kier alpha value is -2.93. The van der Waals surface area contributed by atoms with Gasteiger partial charge in [-0.1, -0.05) is 17.7 Å². The SMILES string of the molecule is C=C[C@@H]1CN2CCC1C[C@@H]2C(O)c1ccnc2ccc(OC)cc12.O=C(O)c1ccc(Cl)cc1. The molecule has 0 aliphatic carbocycles. The Kier molecular flexibility index (Phi) is 7.51. The Bertz CT molecular complexity index is 1170. The van der Waals surface area contributed by atoms with Crippen LogP contribution in [0.15, 0.2) is 67.4 Å². The number of piperidine rings is 3. The minimum atomic E-state index is -0.934. The maximum Gasteiger partial charge on any atom is 0.335 e. The van der Waals surface area contributed by atoms with Gasteiger partial charge in [0.05, 0.1) is 24.3 Å². The Morgan fingerprint density at radius 3 is 2.65 bits per heavy atom. The molecule has 0 amide bonds. The molecular formula is C27H29ClN2O4. The second kappa shape index (κ2) is 10.6. The molecule has 2 aromatic carbocycles. The largest absolute Gasteiger partial charge is 0.497 e. The van der Waals surface area contributed by atoms with E-state index in [9.17, 15) is 9.90 Å². The van der Waals surface area contributed by atoms with Crippen molar-refractivity contribution in [3.05, 3.63) is 83.5 Å². The van der Waals surface area contributed by atoms with Crippen molar-refractivity contribution in [1.29, 1.82) is 0 Å². The van der Waals surface area contributed by atoms with Gasteiger partial charge in [0.2, 0.25) is 0 Å². The van der Waals surface area contributed by atoms with Crippen molar-refractivity contribution >= 4 is 28.5 Å². The Balaban J connectivity index is 0.000000231. The van der Waals surface area contributed by atoms with Crippen molar-refractivity contribution in [1.82, 2.24) is 9.88 Å². The first kappa shape index (κ1) is 24.2. The summed E-state index contributed by atoms with van der Waals surface area (Å²) in [5.41, 5.74) is 2.10. The summed E-state index contributed by atoms with van der Waals surface area (Å²) in [5, 5.41) is 21.1. The zero-order valence-corrected chi connectivity index (χ0v) is 19.9. The number of carboxylic acids is 1. The molecule has 1 aromatic heterocycles. The van der Waals surface area contributed by atoms with Crippen LogP contribution in [0.3, 0.4) is 0 Å². The van der Waals surface area contributed by atoms with E-state index in [1.807, 2.05) is 24.3 Å². The number of aromatic nitrogens is 1. The fourth-order valence-electron chi connectivity index (χ4n) is 5.04. The average Bonchev–Trinajstić information content (AvgIpc) is 2.88. The second-order valence-corrected chi connectivity index (χ2v) is 9.22. The summed E-state index contributed by atoms with van der Waals surface area (Å²) < 4.78 is 5.35. The fraction of sp³-hybridized carbons (Fsp3) is 0.333. The van der Waals surface area contributed by atoms with Gasteiger partial charge in [0.15, 0.2) is 0 Å². The number of nitrogens with zero attached hydrogens (tertiary/aromatic N) is 2. The molecule has 2 N–H and O–H groups in total. The quantitative estimate of drug-likeness (QED) is 0.488. The van der Waals surface area contributed by atoms with Crippen LogP contribution in [-0.2, 0) is 0 Å². The number of aliphatic hydroxyl groups is 1. The molecule has 0 spiro atoms. The third-order valence-electron chi connectivity index (χ3n) is 6.91. The van der Waals surface area contributed by atoms with Gasteiger partial charge in [0.25, 0.3) is 0 Å². The lowest BCUT2D eigenvalue weighted by Crippen LogP contribution is -2.54. The third kappa shape index (κ3) is 5.09. The van der Waals surface area contributed by atoms with E-state index < -0.39 is 12.1 Å². The van der Waals surface area contributed by atoms with E-state index in [1.54, 1.807) is 25.4 Å². The number of halogens is 1. The minimum Gasteiger partial charge on any atom is -0.497 e. The molecule has 3 unspecified atom stereocenters. The van der Waals surface area contributed by atoms with Gasteiger partial charge in [0.1, 0.15) is 5.75 Å². The molecule has 5 atom stereocenters. The van der Waals surface area contributed by atoms with Crippen LogP contribution < -0.4 is 4.74 Å². The molecule has 0 saturated carbocycles. The van der Waals surface area contributed by atoms with E-state index in [4.69, 9.17) is 21.4 Å². The molecule has 6 rings (SSSR count). The van der Waals surface area contributed by atoms with Crippen molar-refractivity contribution in [2.24, 2.45) is 11.8 Å². The molecule has 3 aromatic rings. The van der Waals surface area contributed by atoms with Crippen molar-refractivity contribution in [3.63, 3.8) is 0 Å². The number of ether oxygens (including phenoxy) is 1. The summed E-state index contributed by atoms with van der Waals surface area (Å²) in [4.78, 5) is 17.1. The highest BCUT2D eigenvalue weighted by molar-refractivity contribution is 6.30. The highest BCUT2D eigenvalue weighted by atomic mass is 35.5. The van der Waals surface area contributed by atoms with E-state index in [1.165, 1.54) is 18.6 Å².